The minimum absolute atomic E-state index is 0.198. The van der Waals surface area contributed by atoms with Gasteiger partial charge in [-0.05, 0) is 47.8 Å². The van der Waals surface area contributed by atoms with Crippen LogP contribution in [0.1, 0.15) is 9.67 Å². The van der Waals surface area contributed by atoms with Gasteiger partial charge in [-0.1, -0.05) is 6.07 Å². The van der Waals surface area contributed by atoms with Crippen molar-refractivity contribution in [3.05, 3.63) is 58.8 Å². The van der Waals surface area contributed by atoms with Crippen LogP contribution < -0.4 is 0 Å². The number of hydrogen-bond donors (Lipinski definition) is 2. The van der Waals surface area contributed by atoms with Gasteiger partial charge in [0.15, 0.2) is 0 Å². The maximum Gasteiger partial charge on any atom is 0.346 e. The number of hydrogen-bond acceptors (Lipinski definition) is 5. The Morgan fingerprint density at radius 1 is 1.04 bits per heavy atom. The molecule has 0 aliphatic heterocycles. The number of nitrogens with zero attached hydrogens (tertiary/aromatic N) is 1. The first kappa shape index (κ1) is 14.9. The number of aromatic carboxylic acids is 1. The molecular formula is C18H11NO3S2. The summed E-state index contributed by atoms with van der Waals surface area (Å²) in [7, 11) is 0. The molecule has 0 saturated carbocycles. The number of pyridine rings is 1. The summed E-state index contributed by atoms with van der Waals surface area (Å²) in [4.78, 5) is 18.2. The van der Waals surface area contributed by atoms with E-state index in [0.717, 1.165) is 27.1 Å². The van der Waals surface area contributed by atoms with Gasteiger partial charge in [0.05, 0.1) is 5.69 Å². The molecule has 0 atom stereocenters. The molecule has 0 fully saturated rings. The van der Waals surface area contributed by atoms with Crippen molar-refractivity contribution in [1.82, 2.24) is 4.98 Å². The van der Waals surface area contributed by atoms with E-state index in [1.165, 1.54) is 22.7 Å². The summed E-state index contributed by atoms with van der Waals surface area (Å²) in [6, 6.07) is 14.4. The number of carboxylic acid groups (broad SMARTS) is 1. The number of phenolic OH excluding ortho intramolecular Hbond substituents is 1. The van der Waals surface area contributed by atoms with E-state index in [0.29, 0.717) is 9.71 Å². The predicted octanol–water partition coefficient (Wildman–Crippen LogP) is 5.10. The summed E-state index contributed by atoms with van der Waals surface area (Å²) >= 11 is 2.71. The van der Waals surface area contributed by atoms with E-state index in [2.05, 4.69) is 4.98 Å². The van der Waals surface area contributed by atoms with Crippen molar-refractivity contribution >= 4 is 38.9 Å². The highest BCUT2D eigenvalue weighted by molar-refractivity contribution is 7.22. The van der Waals surface area contributed by atoms with E-state index in [4.69, 9.17) is 0 Å². The molecule has 0 spiro atoms. The Hall–Kier alpha value is -2.70. The Bertz CT molecular complexity index is 1030. The first-order valence-electron chi connectivity index (χ1n) is 7.13. The van der Waals surface area contributed by atoms with Gasteiger partial charge in [0.1, 0.15) is 15.5 Å². The monoisotopic (exact) mass is 353 g/mol. The molecule has 4 nitrogen and oxygen atoms in total. The van der Waals surface area contributed by atoms with Crippen molar-refractivity contribution in [2.24, 2.45) is 0 Å². The van der Waals surface area contributed by atoms with Crippen molar-refractivity contribution in [3.63, 3.8) is 0 Å². The Morgan fingerprint density at radius 3 is 2.50 bits per heavy atom. The number of aromatic nitrogens is 1. The van der Waals surface area contributed by atoms with Crippen LogP contribution in [0.5, 0.6) is 5.75 Å². The topological polar surface area (TPSA) is 70.4 Å². The highest BCUT2D eigenvalue weighted by atomic mass is 32.1. The molecule has 0 aliphatic rings. The molecule has 3 heterocycles. The van der Waals surface area contributed by atoms with E-state index >= 15 is 0 Å². The van der Waals surface area contributed by atoms with Gasteiger partial charge in [-0.15, -0.1) is 22.7 Å². The van der Waals surface area contributed by atoms with Crippen LogP contribution in [0.3, 0.4) is 0 Å². The summed E-state index contributed by atoms with van der Waals surface area (Å²) in [5.41, 5.74) is 2.36. The van der Waals surface area contributed by atoms with E-state index in [9.17, 15) is 15.0 Å². The Balaban J connectivity index is 1.92. The van der Waals surface area contributed by atoms with Gasteiger partial charge in [-0.25, -0.2) is 9.78 Å². The number of phenols is 1. The highest BCUT2D eigenvalue weighted by Crippen LogP contribution is 2.40. The number of carbonyl (C=O) groups is 1. The van der Waals surface area contributed by atoms with Gasteiger partial charge >= 0.3 is 5.97 Å². The summed E-state index contributed by atoms with van der Waals surface area (Å²) in [6.07, 6.45) is 0. The molecule has 4 aromatic rings. The molecule has 0 unspecified atom stereocenters. The minimum Gasteiger partial charge on any atom is -0.508 e. The molecule has 6 heteroatoms. The van der Waals surface area contributed by atoms with E-state index in [-0.39, 0.29) is 5.75 Å². The highest BCUT2D eigenvalue weighted by Gasteiger charge is 2.21. The lowest BCUT2D eigenvalue weighted by atomic mass is 10.1. The first-order valence-corrected chi connectivity index (χ1v) is 8.83. The zero-order valence-electron chi connectivity index (χ0n) is 12.3. The van der Waals surface area contributed by atoms with E-state index < -0.39 is 5.97 Å². The molecule has 1 aromatic carbocycles. The van der Waals surface area contributed by atoms with Gasteiger partial charge in [-0.2, -0.15) is 0 Å². The molecule has 0 amide bonds. The van der Waals surface area contributed by atoms with Crippen LogP contribution in [0.2, 0.25) is 0 Å². The lowest BCUT2D eigenvalue weighted by Crippen LogP contribution is -1.93. The molecule has 0 radical (unpaired) electrons. The second-order valence-corrected chi connectivity index (χ2v) is 7.13. The second kappa shape index (κ2) is 5.74. The van der Waals surface area contributed by atoms with E-state index in [1.54, 1.807) is 24.3 Å². The van der Waals surface area contributed by atoms with Gasteiger partial charge < -0.3 is 10.2 Å². The van der Waals surface area contributed by atoms with Crippen molar-refractivity contribution < 1.29 is 15.0 Å². The predicted molar refractivity (Wildman–Crippen MR) is 97.0 cm³/mol. The number of benzene rings is 1. The van der Waals surface area contributed by atoms with Gasteiger partial charge in [-0.3, -0.25) is 0 Å². The molecule has 0 bridgehead atoms. The smallest absolute Gasteiger partial charge is 0.346 e. The largest absolute Gasteiger partial charge is 0.508 e. The lowest BCUT2D eigenvalue weighted by Gasteiger charge is -2.02. The van der Waals surface area contributed by atoms with Gasteiger partial charge in [0, 0.05) is 21.4 Å². The lowest BCUT2D eigenvalue weighted by molar-refractivity contribution is 0.0703. The molecule has 0 aliphatic carbocycles. The molecular weight excluding hydrogens is 342 g/mol. The average Bonchev–Trinajstić information content (AvgIpc) is 3.21. The number of carboxylic acids is 1. The van der Waals surface area contributed by atoms with Crippen LogP contribution in [0.15, 0.2) is 53.9 Å². The molecule has 0 saturated heterocycles. The van der Waals surface area contributed by atoms with Gasteiger partial charge in [0.25, 0.3) is 0 Å². The normalized spacial score (nSPS) is 11.0. The molecule has 4 rings (SSSR count). The Kier molecular flexibility index (Phi) is 3.55. The third-order valence-electron chi connectivity index (χ3n) is 3.68. The van der Waals surface area contributed by atoms with E-state index in [1.807, 2.05) is 29.6 Å². The summed E-state index contributed by atoms with van der Waals surface area (Å²) in [5.74, 6) is -0.739. The van der Waals surface area contributed by atoms with Crippen molar-refractivity contribution in [2.75, 3.05) is 0 Å². The van der Waals surface area contributed by atoms with Crippen LogP contribution in [-0.2, 0) is 0 Å². The van der Waals surface area contributed by atoms with Crippen LogP contribution in [-0.4, -0.2) is 21.2 Å². The quantitative estimate of drug-likeness (QED) is 0.538. The maximum absolute atomic E-state index is 11.6. The van der Waals surface area contributed by atoms with Gasteiger partial charge in [0.2, 0.25) is 0 Å². The van der Waals surface area contributed by atoms with Crippen LogP contribution in [0, 0.1) is 0 Å². The SMILES string of the molecule is O=C(O)c1sc2nc(-c3ccc(O)cc3)ccc2c1-c1cccs1. The molecule has 3 aromatic heterocycles. The molecule has 118 valence electrons. The van der Waals surface area contributed by atoms with Crippen molar-refractivity contribution in [1.29, 1.82) is 0 Å². The third-order valence-corrected chi connectivity index (χ3v) is 5.66. The standard InChI is InChI=1S/C18H11NO3S2/c20-11-5-3-10(4-6-11)13-8-7-12-15(14-2-1-9-23-14)16(18(21)22)24-17(12)19-13/h1-9,20H,(H,21,22). The van der Waals surface area contributed by atoms with Crippen molar-refractivity contribution in [2.45, 2.75) is 0 Å². The summed E-state index contributed by atoms with van der Waals surface area (Å²) in [6.45, 7) is 0. The third kappa shape index (κ3) is 2.46. The van der Waals surface area contributed by atoms with Crippen LogP contribution in [0.4, 0.5) is 0 Å². The summed E-state index contributed by atoms with van der Waals surface area (Å²) in [5, 5.41) is 21.7. The molecule has 24 heavy (non-hydrogen) atoms. The fourth-order valence-corrected chi connectivity index (χ4v) is 4.47. The average molecular weight is 353 g/mol. The summed E-state index contributed by atoms with van der Waals surface area (Å²) < 4.78 is 0. The number of thiophene rings is 2. The first-order chi connectivity index (χ1) is 11.6. The Morgan fingerprint density at radius 2 is 1.83 bits per heavy atom. The Labute approximate surface area is 145 Å². The number of fused-ring (bicyclic) bond motifs is 1. The van der Waals surface area contributed by atoms with Crippen molar-refractivity contribution in [3.8, 4) is 27.4 Å². The number of aromatic hydroxyl groups is 1. The molecule has 2 N–H and O–H groups in total. The second-order valence-electron chi connectivity index (χ2n) is 5.18. The van der Waals surface area contributed by atoms with Crippen LogP contribution >= 0.6 is 22.7 Å². The zero-order valence-corrected chi connectivity index (χ0v) is 13.9. The fraction of sp³-hybridized carbons (Fsp3) is 0. The minimum atomic E-state index is -0.937. The number of rotatable bonds is 3. The van der Waals surface area contributed by atoms with Crippen LogP contribution in [0.25, 0.3) is 31.9 Å². The fourth-order valence-electron chi connectivity index (χ4n) is 2.59. The maximum atomic E-state index is 11.6. The zero-order chi connectivity index (χ0) is 16.7.